The lowest BCUT2D eigenvalue weighted by atomic mass is 9.86. The summed E-state index contributed by atoms with van der Waals surface area (Å²) >= 11 is 0. The molecule has 0 radical (unpaired) electrons. The number of rotatable bonds is 3. The third kappa shape index (κ3) is 3.39. The average Bonchev–Trinajstić information content (AvgIpc) is 3.73. The third-order valence-electron chi connectivity index (χ3n) is 7.98. The number of hydrogen-bond donors (Lipinski definition) is 0. The minimum atomic E-state index is -0.438. The van der Waals surface area contributed by atoms with Gasteiger partial charge in [0.1, 0.15) is 16.7 Å². The van der Waals surface area contributed by atoms with Crippen molar-refractivity contribution in [3.63, 3.8) is 0 Å². The SMILES string of the molecule is [2H]c1c([2H])c([2H])c2c(-c3ccc4oc5cc6c(-c7ccccc7)coc6cc5c4c3)c3c([2H])c([2H])c([2H])c([2H])c3c(-c3ccccc3)c2c1[2H]. The number of benzene rings is 7. The largest absolute Gasteiger partial charge is 0.464 e. The highest BCUT2D eigenvalue weighted by atomic mass is 16.3. The van der Waals surface area contributed by atoms with Gasteiger partial charge in [-0.05, 0) is 73.6 Å². The van der Waals surface area contributed by atoms with E-state index in [1.54, 1.807) is 42.7 Å². The lowest BCUT2D eigenvalue weighted by Gasteiger charge is -2.17. The monoisotopic (exact) mass is 544 g/mol. The summed E-state index contributed by atoms with van der Waals surface area (Å²) in [6.45, 7) is 0. The first kappa shape index (κ1) is 16.6. The quantitative estimate of drug-likeness (QED) is 0.207. The highest BCUT2D eigenvalue weighted by Crippen LogP contribution is 2.45. The predicted molar refractivity (Wildman–Crippen MR) is 175 cm³/mol. The van der Waals surface area contributed by atoms with E-state index in [4.69, 9.17) is 17.1 Å². The van der Waals surface area contributed by atoms with Gasteiger partial charge in [0.25, 0.3) is 0 Å². The minimum Gasteiger partial charge on any atom is -0.464 e. The van der Waals surface area contributed by atoms with Gasteiger partial charge in [-0.15, -0.1) is 0 Å². The van der Waals surface area contributed by atoms with E-state index in [9.17, 15) is 2.74 Å². The van der Waals surface area contributed by atoms with Crippen molar-refractivity contribution in [3.05, 3.63) is 146 Å². The maximum Gasteiger partial charge on any atom is 0.136 e. The van der Waals surface area contributed by atoms with Crippen LogP contribution in [0.3, 0.4) is 0 Å². The first-order valence-electron chi connectivity index (χ1n) is 17.6. The molecule has 0 aliphatic rings. The molecule has 0 unspecified atom stereocenters. The Kier molecular flexibility index (Phi) is 3.54. The van der Waals surface area contributed by atoms with Gasteiger partial charge < -0.3 is 8.83 Å². The molecule has 7 aromatic carbocycles. The zero-order valence-electron chi connectivity index (χ0n) is 30.1. The molecule has 0 aliphatic heterocycles. The van der Waals surface area contributed by atoms with Crippen LogP contribution in [0.25, 0.3) is 87.8 Å². The molecule has 0 saturated heterocycles. The Morgan fingerprint density at radius 3 is 1.62 bits per heavy atom. The standard InChI is InChI=1S/C40H24O2/c1-3-11-25(12-4-1)35-24-41-37-22-33-32-21-27(19-20-36(32)42-38(33)23-34(35)37)40-30-17-9-7-15-28(30)39(26-13-5-2-6-14-26)29-16-8-10-18-31(29)40/h1-24H/i7D,8D,9D,10D,15D,16D,17D,18D. The van der Waals surface area contributed by atoms with Gasteiger partial charge in [-0.1, -0.05) is 115 Å². The van der Waals surface area contributed by atoms with Crippen LogP contribution < -0.4 is 0 Å². The molecule has 2 nitrogen and oxygen atoms in total. The third-order valence-corrected chi connectivity index (χ3v) is 7.98. The Balaban J connectivity index is 1.43. The van der Waals surface area contributed by atoms with Crippen molar-refractivity contribution < 1.29 is 19.8 Å². The van der Waals surface area contributed by atoms with Crippen LogP contribution >= 0.6 is 0 Å². The van der Waals surface area contributed by atoms with Crippen LogP contribution in [0.15, 0.2) is 154 Å². The van der Waals surface area contributed by atoms with E-state index < -0.39 is 24.2 Å². The second kappa shape index (κ2) is 8.95. The smallest absolute Gasteiger partial charge is 0.136 e. The topological polar surface area (TPSA) is 26.3 Å². The molecule has 2 heteroatoms. The van der Waals surface area contributed by atoms with Gasteiger partial charge in [0.15, 0.2) is 0 Å². The first-order chi connectivity index (χ1) is 24.2. The zero-order valence-corrected chi connectivity index (χ0v) is 22.1. The van der Waals surface area contributed by atoms with Crippen molar-refractivity contribution in [2.75, 3.05) is 0 Å². The lowest BCUT2D eigenvalue weighted by molar-refractivity contribution is 0.617. The Morgan fingerprint density at radius 1 is 0.429 bits per heavy atom. The van der Waals surface area contributed by atoms with E-state index in [0.717, 1.165) is 21.9 Å². The van der Waals surface area contributed by atoms with Crippen LogP contribution in [0.1, 0.15) is 11.0 Å². The Labute approximate surface area is 253 Å². The maximum absolute atomic E-state index is 9.18. The molecule has 0 fully saturated rings. The molecular formula is C40H24O2. The van der Waals surface area contributed by atoms with Gasteiger partial charge in [0, 0.05) is 21.7 Å². The normalized spacial score (nSPS) is 14.5. The van der Waals surface area contributed by atoms with Crippen molar-refractivity contribution in [1.82, 2.24) is 0 Å². The maximum atomic E-state index is 9.18. The molecule has 0 saturated carbocycles. The van der Waals surface area contributed by atoms with Gasteiger partial charge in [0.05, 0.1) is 17.2 Å². The van der Waals surface area contributed by atoms with E-state index in [2.05, 4.69) is 0 Å². The molecule has 0 bridgehead atoms. The van der Waals surface area contributed by atoms with Gasteiger partial charge >= 0.3 is 0 Å². The molecule has 0 spiro atoms. The Hall–Kier alpha value is -5.60. The second-order valence-electron chi connectivity index (χ2n) is 10.3. The summed E-state index contributed by atoms with van der Waals surface area (Å²) in [5, 5.41) is 3.06. The minimum absolute atomic E-state index is 0.167. The summed E-state index contributed by atoms with van der Waals surface area (Å²) in [5.41, 5.74) is 5.50. The van der Waals surface area contributed by atoms with E-state index in [-0.39, 0.29) is 51.3 Å². The zero-order chi connectivity index (χ0) is 34.6. The van der Waals surface area contributed by atoms with Crippen molar-refractivity contribution >= 4 is 54.5 Å². The molecule has 2 heterocycles. The van der Waals surface area contributed by atoms with Crippen LogP contribution in [0.4, 0.5) is 0 Å². The molecule has 0 aliphatic carbocycles. The van der Waals surface area contributed by atoms with E-state index >= 15 is 0 Å². The molecule has 2 aromatic heterocycles. The molecular weight excluding hydrogens is 512 g/mol. The van der Waals surface area contributed by atoms with Gasteiger partial charge in [-0.25, -0.2) is 0 Å². The molecule has 196 valence electrons. The van der Waals surface area contributed by atoms with Crippen LogP contribution in [0.2, 0.25) is 0 Å². The van der Waals surface area contributed by atoms with Crippen LogP contribution in [-0.4, -0.2) is 0 Å². The fraction of sp³-hybridized carbons (Fsp3) is 0. The average molecular weight is 545 g/mol. The Morgan fingerprint density at radius 2 is 0.976 bits per heavy atom. The molecule has 0 amide bonds. The lowest BCUT2D eigenvalue weighted by Crippen LogP contribution is -1.90. The predicted octanol–water partition coefficient (Wildman–Crippen LogP) is 11.6. The summed E-state index contributed by atoms with van der Waals surface area (Å²) in [4.78, 5) is 0. The van der Waals surface area contributed by atoms with Crippen LogP contribution in [-0.2, 0) is 0 Å². The summed E-state index contributed by atoms with van der Waals surface area (Å²) in [6.07, 6.45) is 1.72. The number of furan rings is 2. The molecule has 42 heavy (non-hydrogen) atoms. The summed E-state index contributed by atoms with van der Waals surface area (Å²) in [7, 11) is 0. The van der Waals surface area contributed by atoms with Crippen molar-refractivity contribution in [3.8, 4) is 33.4 Å². The number of fused-ring (bicyclic) bond motifs is 6. The molecule has 0 N–H and O–H groups in total. The highest BCUT2D eigenvalue weighted by Gasteiger charge is 2.18. The molecule has 9 aromatic rings. The molecule has 9 rings (SSSR count). The fourth-order valence-electron chi connectivity index (χ4n) is 6.10. The first-order valence-corrected chi connectivity index (χ1v) is 13.6. The number of hydrogen-bond acceptors (Lipinski definition) is 2. The Bertz CT molecular complexity index is 2810. The van der Waals surface area contributed by atoms with Crippen LogP contribution in [0.5, 0.6) is 0 Å². The summed E-state index contributed by atoms with van der Waals surface area (Å²) < 4.78 is 83.5. The van der Waals surface area contributed by atoms with E-state index in [0.29, 0.717) is 38.8 Å². The van der Waals surface area contributed by atoms with Crippen molar-refractivity contribution in [1.29, 1.82) is 0 Å². The van der Waals surface area contributed by atoms with Gasteiger partial charge in [-0.3, -0.25) is 0 Å². The van der Waals surface area contributed by atoms with Crippen molar-refractivity contribution in [2.45, 2.75) is 0 Å². The van der Waals surface area contributed by atoms with Crippen LogP contribution in [0, 0.1) is 0 Å². The fourth-order valence-corrected chi connectivity index (χ4v) is 6.10. The highest BCUT2D eigenvalue weighted by molar-refractivity contribution is 6.22. The summed E-state index contributed by atoms with van der Waals surface area (Å²) in [6, 6.07) is 25.2. The molecule has 0 atom stereocenters. The summed E-state index contributed by atoms with van der Waals surface area (Å²) in [5.74, 6) is 0. The van der Waals surface area contributed by atoms with Gasteiger partial charge in [-0.2, -0.15) is 0 Å². The van der Waals surface area contributed by atoms with Gasteiger partial charge in [0.2, 0.25) is 0 Å². The van der Waals surface area contributed by atoms with E-state index in [1.165, 1.54) is 0 Å². The second-order valence-corrected chi connectivity index (χ2v) is 10.3. The van der Waals surface area contributed by atoms with Crippen molar-refractivity contribution in [2.24, 2.45) is 0 Å². The van der Waals surface area contributed by atoms with E-state index in [1.807, 2.05) is 54.6 Å².